The molecule has 3 aromatic rings. The molecule has 1 atom stereocenters. The molecule has 0 bridgehead atoms. The van der Waals surface area contributed by atoms with Crippen molar-refractivity contribution < 1.29 is 4.79 Å². The van der Waals surface area contributed by atoms with E-state index in [9.17, 15) is 4.79 Å². The minimum absolute atomic E-state index is 0.110. The Morgan fingerprint density at radius 1 is 0.969 bits per heavy atom. The average molecular weight is 445 g/mol. The van der Waals surface area contributed by atoms with E-state index in [4.69, 9.17) is 0 Å². The van der Waals surface area contributed by atoms with Crippen LogP contribution in [0, 0.1) is 0 Å². The van der Waals surface area contributed by atoms with Crippen molar-refractivity contribution in [3.05, 3.63) is 101 Å². The van der Waals surface area contributed by atoms with Gasteiger partial charge < -0.3 is 4.90 Å². The number of benzene rings is 2. The molecule has 32 heavy (non-hydrogen) atoms. The highest BCUT2D eigenvalue weighted by Gasteiger charge is 2.35. The van der Waals surface area contributed by atoms with Crippen LogP contribution < -0.4 is 10.4 Å². The molecular weight excluding hydrogens is 416 g/mol. The minimum atomic E-state index is -0.157. The van der Waals surface area contributed by atoms with Crippen LogP contribution in [0.15, 0.2) is 90.5 Å². The number of hydrazine groups is 1. The van der Waals surface area contributed by atoms with Crippen LogP contribution in [0.3, 0.4) is 0 Å². The molecule has 1 fully saturated rings. The van der Waals surface area contributed by atoms with Gasteiger partial charge in [-0.2, -0.15) is 0 Å². The van der Waals surface area contributed by atoms with E-state index in [1.807, 2.05) is 46.9 Å². The summed E-state index contributed by atoms with van der Waals surface area (Å²) in [5, 5.41) is 3.98. The predicted molar refractivity (Wildman–Crippen MR) is 130 cm³/mol. The summed E-state index contributed by atoms with van der Waals surface area (Å²) in [7, 11) is 0. The van der Waals surface area contributed by atoms with E-state index in [2.05, 4.69) is 63.8 Å². The van der Waals surface area contributed by atoms with Gasteiger partial charge in [0.1, 0.15) is 6.17 Å². The lowest BCUT2D eigenvalue weighted by molar-refractivity contribution is 0.0463. The predicted octanol–water partition coefficient (Wildman–Crippen LogP) is 4.72. The summed E-state index contributed by atoms with van der Waals surface area (Å²) in [6.45, 7) is 2.95. The standard InChI is InChI=1S/C26H28N4OS/c31-26(24-12-7-19-32-24)30(25-15-18-29(27-25)22-10-5-2-6-11-22)23-13-16-28(17-14-23)20-21-8-3-1-4-9-21/h1-12,15,18-19,23,25,27H,13-14,16-17,20H2. The molecule has 5 rings (SSSR count). The molecule has 2 aliphatic rings. The number of hydrogen-bond acceptors (Lipinski definition) is 5. The summed E-state index contributed by atoms with van der Waals surface area (Å²) >= 11 is 1.51. The summed E-state index contributed by atoms with van der Waals surface area (Å²) in [4.78, 5) is 18.9. The van der Waals surface area contributed by atoms with Gasteiger partial charge in [-0.05, 0) is 48.1 Å². The topological polar surface area (TPSA) is 38.8 Å². The molecule has 2 aromatic carbocycles. The summed E-state index contributed by atoms with van der Waals surface area (Å²) in [5.74, 6) is 0.110. The molecule has 0 aliphatic carbocycles. The lowest BCUT2D eigenvalue weighted by Crippen LogP contribution is -2.56. The zero-order valence-electron chi connectivity index (χ0n) is 18.0. The number of thiophene rings is 1. The number of amides is 1. The normalized spacial score (nSPS) is 19.4. The van der Waals surface area contributed by atoms with Gasteiger partial charge in [0.2, 0.25) is 0 Å². The highest BCUT2D eigenvalue weighted by molar-refractivity contribution is 7.12. The third-order valence-electron chi connectivity index (χ3n) is 6.19. The number of para-hydroxylation sites is 1. The Morgan fingerprint density at radius 3 is 2.38 bits per heavy atom. The van der Waals surface area contributed by atoms with Crippen molar-refractivity contribution in [1.82, 2.24) is 15.2 Å². The lowest BCUT2D eigenvalue weighted by Gasteiger charge is -2.41. The highest BCUT2D eigenvalue weighted by atomic mass is 32.1. The highest BCUT2D eigenvalue weighted by Crippen LogP contribution is 2.26. The molecule has 0 radical (unpaired) electrons. The van der Waals surface area contributed by atoms with Crippen LogP contribution in [-0.4, -0.2) is 41.0 Å². The van der Waals surface area contributed by atoms with Gasteiger partial charge in [0.25, 0.3) is 5.91 Å². The van der Waals surface area contributed by atoms with Gasteiger partial charge in [-0.25, -0.2) is 5.43 Å². The Labute approximate surface area is 193 Å². The number of carbonyl (C=O) groups is 1. The molecule has 2 aliphatic heterocycles. The van der Waals surface area contributed by atoms with Crippen LogP contribution in [0.1, 0.15) is 28.1 Å². The molecule has 0 saturated carbocycles. The first kappa shape index (κ1) is 20.9. The fourth-order valence-electron chi connectivity index (χ4n) is 4.54. The molecule has 0 spiro atoms. The van der Waals surface area contributed by atoms with E-state index in [1.165, 1.54) is 16.9 Å². The van der Waals surface area contributed by atoms with Crippen molar-refractivity contribution >= 4 is 22.9 Å². The fraction of sp³-hybridized carbons (Fsp3) is 0.269. The number of piperidine rings is 1. The number of likely N-dealkylation sites (tertiary alicyclic amines) is 1. The summed E-state index contributed by atoms with van der Waals surface area (Å²) in [6.07, 6.45) is 5.91. The van der Waals surface area contributed by atoms with Gasteiger partial charge in [-0.1, -0.05) is 54.6 Å². The van der Waals surface area contributed by atoms with E-state index in [1.54, 1.807) is 0 Å². The Kier molecular flexibility index (Phi) is 6.34. The summed E-state index contributed by atoms with van der Waals surface area (Å²) in [6, 6.07) is 24.9. The quantitative estimate of drug-likeness (QED) is 0.597. The van der Waals surface area contributed by atoms with Crippen LogP contribution in [0.2, 0.25) is 0 Å². The molecule has 1 saturated heterocycles. The van der Waals surface area contributed by atoms with Crippen molar-refractivity contribution in [2.75, 3.05) is 18.1 Å². The summed E-state index contributed by atoms with van der Waals surface area (Å²) in [5.41, 5.74) is 5.92. The monoisotopic (exact) mass is 444 g/mol. The third-order valence-corrected chi connectivity index (χ3v) is 7.05. The maximum Gasteiger partial charge on any atom is 0.265 e. The first-order valence-electron chi connectivity index (χ1n) is 11.2. The van der Waals surface area contributed by atoms with E-state index in [0.717, 1.165) is 43.0 Å². The van der Waals surface area contributed by atoms with Crippen LogP contribution in [0.25, 0.3) is 0 Å². The average Bonchev–Trinajstić information content (AvgIpc) is 3.55. The first-order chi connectivity index (χ1) is 15.8. The van der Waals surface area contributed by atoms with Crippen molar-refractivity contribution in [3.8, 4) is 0 Å². The fourth-order valence-corrected chi connectivity index (χ4v) is 5.21. The van der Waals surface area contributed by atoms with Gasteiger partial charge in [0, 0.05) is 31.9 Å². The second-order valence-corrected chi connectivity index (χ2v) is 9.25. The van der Waals surface area contributed by atoms with Crippen molar-refractivity contribution in [3.63, 3.8) is 0 Å². The molecule has 1 amide bonds. The minimum Gasteiger partial charge on any atom is -0.314 e. The second kappa shape index (κ2) is 9.69. The summed E-state index contributed by atoms with van der Waals surface area (Å²) < 4.78 is 0. The number of nitrogens with zero attached hydrogens (tertiary/aromatic N) is 3. The molecule has 1 N–H and O–H groups in total. The van der Waals surface area contributed by atoms with Crippen molar-refractivity contribution in [2.24, 2.45) is 0 Å². The molecule has 1 aromatic heterocycles. The zero-order valence-corrected chi connectivity index (χ0v) is 18.8. The molecule has 6 heteroatoms. The molecule has 3 heterocycles. The third kappa shape index (κ3) is 4.63. The maximum atomic E-state index is 13.5. The zero-order chi connectivity index (χ0) is 21.8. The number of anilines is 1. The van der Waals surface area contributed by atoms with Crippen molar-refractivity contribution in [2.45, 2.75) is 31.6 Å². The largest absolute Gasteiger partial charge is 0.314 e. The van der Waals surface area contributed by atoms with E-state index in [-0.39, 0.29) is 18.1 Å². The lowest BCUT2D eigenvalue weighted by atomic mass is 10.0. The van der Waals surface area contributed by atoms with Gasteiger partial charge >= 0.3 is 0 Å². The van der Waals surface area contributed by atoms with Gasteiger partial charge in [0.15, 0.2) is 0 Å². The maximum absolute atomic E-state index is 13.5. The first-order valence-corrected chi connectivity index (χ1v) is 12.1. The molecule has 5 nitrogen and oxygen atoms in total. The Morgan fingerprint density at radius 2 is 1.69 bits per heavy atom. The van der Waals surface area contributed by atoms with E-state index >= 15 is 0 Å². The molecule has 164 valence electrons. The number of nitrogens with one attached hydrogen (secondary N) is 1. The van der Waals surface area contributed by atoms with Crippen LogP contribution in [0.5, 0.6) is 0 Å². The van der Waals surface area contributed by atoms with E-state index in [0.29, 0.717) is 0 Å². The second-order valence-electron chi connectivity index (χ2n) is 8.30. The van der Waals surface area contributed by atoms with E-state index < -0.39 is 0 Å². The van der Waals surface area contributed by atoms with Gasteiger partial charge in [-0.15, -0.1) is 11.3 Å². The van der Waals surface area contributed by atoms with Crippen molar-refractivity contribution in [1.29, 1.82) is 0 Å². The van der Waals surface area contributed by atoms with Gasteiger partial charge in [0.05, 0.1) is 10.6 Å². The van der Waals surface area contributed by atoms with Crippen LogP contribution in [0.4, 0.5) is 5.69 Å². The number of rotatable bonds is 6. The van der Waals surface area contributed by atoms with Gasteiger partial charge in [-0.3, -0.25) is 14.7 Å². The van der Waals surface area contributed by atoms with Crippen LogP contribution >= 0.6 is 11.3 Å². The number of carbonyl (C=O) groups excluding carboxylic acids is 1. The molecular formula is C26H28N4OS. The Bertz CT molecular complexity index is 1030. The number of hydrogen-bond donors (Lipinski definition) is 1. The van der Waals surface area contributed by atoms with Crippen LogP contribution in [-0.2, 0) is 6.54 Å². The molecule has 1 unspecified atom stereocenters. The Hall–Kier alpha value is -2.93. The SMILES string of the molecule is O=C(c1cccs1)N(C1CCN(Cc2ccccc2)CC1)C1C=CN(c2ccccc2)N1. The Balaban J connectivity index is 1.29. The smallest absolute Gasteiger partial charge is 0.265 e.